The number of amides is 1. The summed E-state index contributed by atoms with van der Waals surface area (Å²) in [5, 5.41) is 2.64. The van der Waals surface area contributed by atoms with Crippen molar-refractivity contribution in [3.05, 3.63) is 24.3 Å². The first-order chi connectivity index (χ1) is 6.21. The molecular formula is C7H7N5O. The number of nitrogens with zero attached hydrogens (tertiary/aromatic N) is 2. The quantitative estimate of drug-likeness (QED) is 0.479. The summed E-state index contributed by atoms with van der Waals surface area (Å²) < 4.78 is 0. The third-order valence-corrected chi connectivity index (χ3v) is 2.26. The van der Waals surface area contributed by atoms with Gasteiger partial charge in [0.05, 0.1) is 6.33 Å². The van der Waals surface area contributed by atoms with E-state index in [1.807, 2.05) is 0 Å². The summed E-state index contributed by atoms with van der Waals surface area (Å²) >= 11 is 0. The number of hydrogen-bond donors (Lipinski definition) is 3. The van der Waals surface area contributed by atoms with Crippen molar-refractivity contribution in [3.63, 3.8) is 0 Å². The maximum Gasteiger partial charge on any atom is 0.274 e. The number of carbonyl (C=O) groups is 1. The van der Waals surface area contributed by atoms with Crippen LogP contribution in [0.3, 0.4) is 0 Å². The highest BCUT2D eigenvalue weighted by atomic mass is 16.2. The zero-order chi connectivity index (χ0) is 9.05. The Morgan fingerprint density at radius 2 is 2.46 bits per heavy atom. The lowest BCUT2D eigenvalue weighted by Gasteiger charge is -2.46. The van der Waals surface area contributed by atoms with Gasteiger partial charge in [-0.3, -0.25) is 15.4 Å². The van der Waals surface area contributed by atoms with E-state index in [0.717, 1.165) is 0 Å². The molecule has 0 spiro atoms. The Bertz CT molecular complexity index is 422. The highest BCUT2D eigenvalue weighted by Gasteiger charge is 2.44. The third kappa shape index (κ3) is 0.619. The van der Waals surface area contributed by atoms with Gasteiger partial charge < -0.3 is 10.3 Å². The van der Waals surface area contributed by atoms with E-state index < -0.39 is 5.79 Å². The summed E-state index contributed by atoms with van der Waals surface area (Å²) in [6.07, 6.45) is 4.96. The molecule has 0 bridgehead atoms. The smallest absolute Gasteiger partial charge is 0.274 e. The minimum atomic E-state index is -0.876. The van der Waals surface area contributed by atoms with Crippen LogP contribution in [0.4, 0.5) is 5.82 Å². The summed E-state index contributed by atoms with van der Waals surface area (Å²) in [5.41, 5.74) is 6.28. The van der Waals surface area contributed by atoms with Crippen LogP contribution in [0.1, 0.15) is 10.5 Å². The van der Waals surface area contributed by atoms with Crippen LogP contribution in [-0.2, 0) is 0 Å². The van der Waals surface area contributed by atoms with E-state index in [1.165, 1.54) is 6.33 Å². The van der Waals surface area contributed by atoms with Crippen molar-refractivity contribution in [1.82, 2.24) is 15.3 Å². The second-order valence-electron chi connectivity index (χ2n) is 3.07. The van der Waals surface area contributed by atoms with Gasteiger partial charge in [0.15, 0.2) is 11.6 Å². The largest absolute Gasteiger partial charge is 0.339 e. The summed E-state index contributed by atoms with van der Waals surface area (Å²) in [6.45, 7) is 0. The van der Waals surface area contributed by atoms with E-state index in [1.54, 1.807) is 17.2 Å². The molecular weight excluding hydrogens is 170 g/mol. The number of nitrogens with one attached hydrogen (secondary N) is 2. The zero-order valence-corrected chi connectivity index (χ0v) is 6.61. The van der Waals surface area contributed by atoms with Gasteiger partial charge in [-0.25, -0.2) is 4.98 Å². The van der Waals surface area contributed by atoms with Crippen molar-refractivity contribution < 1.29 is 4.79 Å². The maximum absolute atomic E-state index is 11.4. The number of carbonyl (C=O) groups excluding carboxylic acids is 1. The van der Waals surface area contributed by atoms with E-state index in [-0.39, 0.29) is 5.91 Å². The molecule has 1 aromatic heterocycles. The van der Waals surface area contributed by atoms with Crippen molar-refractivity contribution in [3.8, 4) is 0 Å². The first kappa shape index (κ1) is 6.67. The molecule has 0 saturated heterocycles. The van der Waals surface area contributed by atoms with Crippen LogP contribution in [0.15, 0.2) is 18.6 Å². The minimum absolute atomic E-state index is 0.226. The van der Waals surface area contributed by atoms with Crippen LogP contribution in [0.25, 0.3) is 0 Å². The van der Waals surface area contributed by atoms with Gasteiger partial charge in [0.25, 0.3) is 5.91 Å². The second kappa shape index (κ2) is 1.74. The predicted molar refractivity (Wildman–Crippen MR) is 44.6 cm³/mol. The standard InChI is InChI=1S/C7H7N5O/c8-7-1-2-12(7)5-4(6(13)11-7)9-3-10-5/h1-3H,8H2,(H,9,10)(H,11,13). The molecule has 0 aliphatic carbocycles. The Hall–Kier alpha value is -1.82. The van der Waals surface area contributed by atoms with Gasteiger partial charge in [-0.1, -0.05) is 0 Å². The Kier molecular flexibility index (Phi) is 0.895. The van der Waals surface area contributed by atoms with Gasteiger partial charge in [-0.15, -0.1) is 0 Å². The van der Waals surface area contributed by atoms with Gasteiger partial charge in [0.1, 0.15) is 5.69 Å². The fraction of sp³-hybridized carbons (Fsp3) is 0.143. The zero-order valence-electron chi connectivity index (χ0n) is 6.61. The van der Waals surface area contributed by atoms with Crippen LogP contribution in [-0.4, -0.2) is 21.7 Å². The number of fused-ring (bicyclic) bond motifs is 3. The van der Waals surface area contributed by atoms with Gasteiger partial charge in [0.2, 0.25) is 0 Å². The Morgan fingerprint density at radius 3 is 3.15 bits per heavy atom. The molecule has 6 nitrogen and oxygen atoms in total. The Morgan fingerprint density at radius 1 is 1.62 bits per heavy atom. The van der Waals surface area contributed by atoms with Crippen molar-refractivity contribution in [2.75, 3.05) is 4.90 Å². The molecule has 1 aromatic rings. The van der Waals surface area contributed by atoms with Gasteiger partial charge in [-0.05, 0) is 6.08 Å². The van der Waals surface area contributed by atoms with E-state index >= 15 is 0 Å². The summed E-state index contributed by atoms with van der Waals surface area (Å²) in [6, 6.07) is 0. The van der Waals surface area contributed by atoms with Crippen LogP contribution >= 0.6 is 0 Å². The van der Waals surface area contributed by atoms with Gasteiger partial charge in [-0.2, -0.15) is 0 Å². The molecule has 2 aliphatic rings. The van der Waals surface area contributed by atoms with Gasteiger partial charge >= 0.3 is 0 Å². The molecule has 0 aromatic carbocycles. The molecule has 1 unspecified atom stereocenters. The highest BCUT2D eigenvalue weighted by Crippen LogP contribution is 2.32. The lowest BCUT2D eigenvalue weighted by molar-refractivity contribution is 0.0897. The molecule has 13 heavy (non-hydrogen) atoms. The number of rotatable bonds is 0. The van der Waals surface area contributed by atoms with E-state index in [9.17, 15) is 4.79 Å². The molecule has 3 heterocycles. The Balaban J connectivity index is 2.22. The van der Waals surface area contributed by atoms with E-state index in [0.29, 0.717) is 11.5 Å². The summed E-state index contributed by atoms with van der Waals surface area (Å²) in [7, 11) is 0. The fourth-order valence-corrected chi connectivity index (χ4v) is 1.54. The van der Waals surface area contributed by atoms with Crippen molar-refractivity contribution >= 4 is 11.7 Å². The van der Waals surface area contributed by atoms with E-state index in [4.69, 9.17) is 5.73 Å². The van der Waals surface area contributed by atoms with Gasteiger partial charge in [0, 0.05) is 6.20 Å². The average molecular weight is 177 g/mol. The molecule has 2 aliphatic heterocycles. The van der Waals surface area contributed by atoms with Crippen molar-refractivity contribution in [2.24, 2.45) is 5.73 Å². The second-order valence-corrected chi connectivity index (χ2v) is 3.07. The summed E-state index contributed by atoms with van der Waals surface area (Å²) in [5.74, 6) is -0.524. The van der Waals surface area contributed by atoms with Crippen molar-refractivity contribution in [2.45, 2.75) is 5.79 Å². The fourth-order valence-electron chi connectivity index (χ4n) is 1.54. The first-order valence-electron chi connectivity index (χ1n) is 3.84. The molecule has 0 saturated carbocycles. The molecule has 66 valence electrons. The predicted octanol–water partition coefficient (Wildman–Crippen LogP) is -0.901. The topological polar surface area (TPSA) is 87.0 Å². The monoisotopic (exact) mass is 177 g/mol. The first-order valence-corrected chi connectivity index (χ1v) is 3.84. The van der Waals surface area contributed by atoms with Crippen LogP contribution in [0.5, 0.6) is 0 Å². The lowest BCUT2D eigenvalue weighted by atomic mass is 10.1. The molecule has 6 heteroatoms. The minimum Gasteiger partial charge on any atom is -0.339 e. The molecule has 3 rings (SSSR count). The SMILES string of the molecule is NC12C=CN1c1nc[nH]c1C(=O)N2. The molecule has 0 radical (unpaired) electrons. The molecule has 0 fully saturated rings. The average Bonchev–Trinajstić information content (AvgIpc) is 2.49. The van der Waals surface area contributed by atoms with Crippen LogP contribution in [0.2, 0.25) is 0 Å². The molecule has 4 N–H and O–H groups in total. The number of anilines is 1. The number of nitrogens with two attached hydrogens (primary N) is 1. The van der Waals surface area contributed by atoms with E-state index in [2.05, 4.69) is 15.3 Å². The summed E-state index contributed by atoms with van der Waals surface area (Å²) in [4.78, 5) is 19.9. The number of H-pyrrole nitrogens is 1. The number of imidazole rings is 1. The van der Waals surface area contributed by atoms with Crippen LogP contribution < -0.4 is 16.0 Å². The third-order valence-electron chi connectivity index (χ3n) is 2.26. The number of aromatic nitrogens is 2. The Labute approximate surface area is 73.4 Å². The molecule has 1 amide bonds. The normalized spacial score (nSPS) is 29.0. The molecule has 1 atom stereocenters. The number of aromatic amines is 1. The maximum atomic E-state index is 11.4. The number of hydrogen-bond acceptors (Lipinski definition) is 4. The lowest BCUT2D eigenvalue weighted by Crippen LogP contribution is -2.71. The van der Waals surface area contributed by atoms with Crippen molar-refractivity contribution in [1.29, 1.82) is 0 Å². The highest BCUT2D eigenvalue weighted by molar-refractivity contribution is 6.01. The van der Waals surface area contributed by atoms with Crippen LogP contribution in [0, 0.1) is 0 Å².